The van der Waals surface area contributed by atoms with Crippen LogP contribution in [0.15, 0.2) is 97.6 Å². The maximum atomic E-state index is 4.01. The quantitative estimate of drug-likeness (QED) is 0.163. The summed E-state index contributed by atoms with van der Waals surface area (Å²) in [5.41, 5.74) is 7.15. The van der Waals surface area contributed by atoms with Crippen LogP contribution in [-0.2, 0) is 37.0 Å². The summed E-state index contributed by atoms with van der Waals surface area (Å²) in [6.45, 7) is 30.2. The van der Waals surface area contributed by atoms with Gasteiger partial charge in [-0.25, -0.2) is 12.1 Å². The Hall–Kier alpha value is -2.63. The molecule has 0 aliphatic heterocycles. The van der Waals surface area contributed by atoms with Crippen LogP contribution in [0.5, 0.6) is 0 Å². The van der Waals surface area contributed by atoms with E-state index in [4.69, 9.17) is 0 Å². The number of rotatable bonds is 3. The summed E-state index contributed by atoms with van der Waals surface area (Å²) in [4.78, 5) is 0. The van der Waals surface area contributed by atoms with Crippen molar-refractivity contribution in [1.82, 2.24) is 0 Å². The molecule has 254 valence electrons. The van der Waals surface area contributed by atoms with Crippen LogP contribution in [0.4, 0.5) is 0 Å². The number of fused-ring (bicyclic) bond motifs is 3. The Morgan fingerprint density at radius 2 is 1.12 bits per heavy atom. The van der Waals surface area contributed by atoms with Gasteiger partial charge in [-0.05, 0) is 22.7 Å². The molecule has 5 aromatic carbocycles. The topological polar surface area (TPSA) is 0 Å². The molecule has 1 fully saturated rings. The van der Waals surface area contributed by atoms with E-state index in [2.05, 4.69) is 149 Å². The van der Waals surface area contributed by atoms with E-state index in [0.29, 0.717) is 11.8 Å². The molecule has 0 saturated heterocycles. The van der Waals surface area contributed by atoms with Gasteiger partial charge in [-0.15, -0.1) is 50.9 Å². The zero-order chi connectivity index (χ0) is 34.8. The summed E-state index contributed by atoms with van der Waals surface area (Å²) in [5.74, 6) is 1.92. The predicted octanol–water partition coefficient (Wildman–Crippen LogP) is 14.4. The summed E-state index contributed by atoms with van der Waals surface area (Å²) in [7, 11) is 0. The first-order chi connectivity index (χ1) is 22.1. The van der Waals surface area contributed by atoms with Gasteiger partial charge in [0.25, 0.3) is 0 Å². The smallest absolute Gasteiger partial charge is 0.501 e. The molecule has 1 heteroatoms. The van der Waals surface area contributed by atoms with Gasteiger partial charge in [-0.1, -0.05) is 143 Å². The molecule has 1 aliphatic carbocycles. The van der Waals surface area contributed by atoms with Gasteiger partial charge in [0.05, 0.1) is 0 Å². The minimum atomic E-state index is 0. The molecular formula is C47H62Zr. The zero-order valence-electron chi connectivity index (χ0n) is 31.8. The van der Waals surface area contributed by atoms with Crippen molar-refractivity contribution in [2.24, 2.45) is 5.92 Å². The molecule has 0 aromatic heterocycles. The summed E-state index contributed by atoms with van der Waals surface area (Å²) in [6, 6.07) is 32.8. The van der Waals surface area contributed by atoms with Gasteiger partial charge in [0.1, 0.15) is 0 Å². The summed E-state index contributed by atoms with van der Waals surface area (Å²) in [6.07, 6.45) is 9.95. The van der Waals surface area contributed by atoms with Crippen LogP contribution in [-0.4, -0.2) is 0 Å². The molecule has 0 atom stereocenters. The first kappa shape index (κ1) is 41.5. The van der Waals surface area contributed by atoms with Gasteiger partial charge in [0.15, 0.2) is 0 Å². The van der Waals surface area contributed by atoms with E-state index in [1.165, 1.54) is 75.9 Å². The Morgan fingerprint density at radius 1 is 0.688 bits per heavy atom. The summed E-state index contributed by atoms with van der Waals surface area (Å²) in [5, 5.41) is 5.48. The average molecular weight is 718 g/mol. The molecule has 1 aliphatic rings. The van der Waals surface area contributed by atoms with Crippen molar-refractivity contribution in [3.8, 4) is 0 Å². The Morgan fingerprint density at radius 3 is 1.44 bits per heavy atom. The molecule has 1 saturated carbocycles. The fraction of sp³-hybridized carbons (Fsp3) is 0.426. The second kappa shape index (κ2) is 18.9. The first-order valence-corrected chi connectivity index (χ1v) is 17.9. The van der Waals surface area contributed by atoms with Crippen LogP contribution in [0.3, 0.4) is 0 Å². The third-order valence-corrected chi connectivity index (χ3v) is 9.26. The van der Waals surface area contributed by atoms with Crippen molar-refractivity contribution in [3.05, 3.63) is 138 Å². The Kier molecular flexibility index (Phi) is 16.4. The van der Waals surface area contributed by atoms with Gasteiger partial charge in [0, 0.05) is 0 Å². The molecule has 0 N–H and O–H groups in total. The monoisotopic (exact) mass is 716 g/mol. The van der Waals surface area contributed by atoms with Crippen LogP contribution >= 0.6 is 0 Å². The molecule has 0 nitrogen and oxygen atoms in total. The molecule has 0 unspecified atom stereocenters. The fourth-order valence-electron chi connectivity index (χ4n) is 6.00. The molecule has 6 rings (SSSR count). The van der Waals surface area contributed by atoms with Crippen molar-refractivity contribution in [2.45, 2.75) is 124 Å². The Bertz CT molecular complexity index is 1530. The third kappa shape index (κ3) is 12.7. The van der Waals surface area contributed by atoms with E-state index in [-0.39, 0.29) is 37.0 Å². The van der Waals surface area contributed by atoms with E-state index in [0.717, 1.165) is 11.5 Å². The maximum absolute atomic E-state index is 4.01. The minimum Gasteiger partial charge on any atom is -0.501 e. The largest absolute Gasteiger partial charge is 4.00 e. The molecule has 48 heavy (non-hydrogen) atoms. The van der Waals surface area contributed by atoms with Gasteiger partial charge in [-0.3, -0.25) is 6.58 Å². The minimum absolute atomic E-state index is 0. The van der Waals surface area contributed by atoms with Gasteiger partial charge < -0.3 is 6.08 Å². The number of hydrogen-bond donors (Lipinski definition) is 0. The fourth-order valence-corrected chi connectivity index (χ4v) is 6.00. The van der Waals surface area contributed by atoms with E-state index in [9.17, 15) is 0 Å². The van der Waals surface area contributed by atoms with Crippen LogP contribution in [0.1, 0.15) is 141 Å². The molecule has 0 spiro atoms. The first-order valence-electron chi connectivity index (χ1n) is 17.9. The predicted molar refractivity (Wildman–Crippen MR) is 211 cm³/mol. The van der Waals surface area contributed by atoms with Crippen LogP contribution in [0, 0.1) is 18.9 Å². The Balaban J connectivity index is 0.000000251. The van der Waals surface area contributed by atoms with Crippen molar-refractivity contribution in [1.29, 1.82) is 0 Å². The molecule has 0 heterocycles. The summed E-state index contributed by atoms with van der Waals surface area (Å²) >= 11 is 0. The van der Waals surface area contributed by atoms with Crippen molar-refractivity contribution >= 4 is 21.5 Å². The van der Waals surface area contributed by atoms with E-state index in [1.807, 2.05) is 30.3 Å². The molecule has 5 aromatic rings. The van der Waals surface area contributed by atoms with Gasteiger partial charge >= 0.3 is 26.2 Å². The zero-order valence-corrected chi connectivity index (χ0v) is 34.3. The second-order valence-corrected chi connectivity index (χ2v) is 16.1. The second-order valence-electron chi connectivity index (χ2n) is 16.1. The van der Waals surface area contributed by atoms with Crippen molar-refractivity contribution in [3.63, 3.8) is 0 Å². The molecule has 0 amide bonds. The maximum Gasteiger partial charge on any atom is 4.00 e. The SMILES string of the molecule is C=[C-]C1CCCCC1.CC(C)(C)c1ccc2c(c1)[cH-]c1cc(C(C)(C)C)ccc12.[CH2-]c1cc(C(C)C)cc(C(C)C)c1.[Zr+4].c1cc[cH-]c1. The standard InChI is InChI=1S/C21H25.C13H19.C8H13.C5H5.Zr/c1-20(2,3)16-7-9-18-14(12-16)11-15-13-17(21(4,5)6)8-10-19(15)18;1-9(2)12-6-11(5)7-13(8-12)10(3)4;1-2-8-6-4-3-5-7-8;1-2-4-5-3-1;/h7-13H,1-6H3;6-10H,5H2,1-4H3;8H,1,3-7H2;1-5H;/q4*-1;+4. The van der Waals surface area contributed by atoms with Crippen molar-refractivity contribution in [2.75, 3.05) is 0 Å². The average Bonchev–Trinajstić information content (AvgIpc) is 3.72. The third-order valence-electron chi connectivity index (χ3n) is 9.26. The van der Waals surface area contributed by atoms with Crippen LogP contribution in [0.25, 0.3) is 21.5 Å². The van der Waals surface area contributed by atoms with Crippen LogP contribution in [0.2, 0.25) is 0 Å². The van der Waals surface area contributed by atoms with Gasteiger partial charge in [-0.2, -0.15) is 48.7 Å². The number of benzene rings is 3. The molecule has 0 radical (unpaired) electrons. The van der Waals surface area contributed by atoms with E-state index < -0.39 is 0 Å². The van der Waals surface area contributed by atoms with Crippen LogP contribution < -0.4 is 0 Å². The Labute approximate surface area is 314 Å². The van der Waals surface area contributed by atoms with E-state index in [1.54, 1.807) is 0 Å². The number of allylic oxidation sites excluding steroid dienone is 1. The number of hydrogen-bond acceptors (Lipinski definition) is 0. The normalized spacial score (nSPS) is 13.5. The van der Waals surface area contributed by atoms with Gasteiger partial charge in [0.2, 0.25) is 0 Å². The summed E-state index contributed by atoms with van der Waals surface area (Å²) < 4.78 is 0. The molecular weight excluding hydrogens is 656 g/mol. The van der Waals surface area contributed by atoms with Crippen molar-refractivity contribution < 1.29 is 26.2 Å². The molecule has 0 bridgehead atoms. The van der Waals surface area contributed by atoms with E-state index >= 15 is 0 Å².